The van der Waals surface area contributed by atoms with Crippen molar-refractivity contribution in [1.82, 2.24) is 0 Å². The molecule has 46 valence electrons. The van der Waals surface area contributed by atoms with Crippen molar-refractivity contribution >= 4 is 0 Å². The molecule has 0 spiro atoms. The fraction of sp³-hybridized carbons (Fsp3) is 0.714. The maximum absolute atomic E-state index is 3.05. The molecule has 1 N–H and O–H groups in total. The third-order valence-corrected chi connectivity index (χ3v) is 0.744. The number of rotatable bonds is 1. The first-order valence-electron chi connectivity index (χ1n) is 3.02. The number of hydrogen-bond acceptors (Lipinski definition) is 0. The Bertz CT molecular complexity index is 94.7. The van der Waals surface area contributed by atoms with E-state index in [1.54, 1.807) is 0 Å². The van der Waals surface area contributed by atoms with Crippen LogP contribution in [0.4, 0.5) is 0 Å². The molecule has 0 amide bonds. The maximum atomic E-state index is 3.05. The quantitative estimate of drug-likeness (QED) is 0.438. The van der Waals surface area contributed by atoms with E-state index in [2.05, 4.69) is 32.9 Å². The predicted octanol–water partition coefficient (Wildman–Crippen LogP) is -0.456. The molecule has 1 heteroatoms. The first-order valence-corrected chi connectivity index (χ1v) is 3.02. The van der Waals surface area contributed by atoms with E-state index in [1.165, 1.54) is 4.90 Å². The van der Waals surface area contributed by atoms with Crippen molar-refractivity contribution in [2.24, 2.45) is 0 Å². The number of hydrogen-bond donors (Lipinski definition) is 1. The van der Waals surface area contributed by atoms with Gasteiger partial charge in [-0.1, -0.05) is 12.8 Å². The first-order chi connectivity index (χ1) is 3.77. The summed E-state index contributed by atoms with van der Waals surface area (Å²) in [5, 5.41) is 0. The fourth-order valence-electron chi connectivity index (χ4n) is 0.364. The monoisotopic (exact) mass is 112 g/mol. The molecular formula is C7H14N+. The van der Waals surface area contributed by atoms with Gasteiger partial charge in [-0.25, -0.2) is 0 Å². The van der Waals surface area contributed by atoms with Crippen LogP contribution in [0.1, 0.15) is 13.3 Å². The van der Waals surface area contributed by atoms with Crippen molar-refractivity contribution in [3.05, 3.63) is 0 Å². The molecule has 0 bridgehead atoms. The largest absolute Gasteiger partial charge is 0.330 e. The van der Waals surface area contributed by atoms with Gasteiger partial charge in [0.15, 0.2) is 0 Å². The normalized spacial score (nSPS) is 8.50. The molecule has 0 aliphatic heterocycles. The lowest BCUT2D eigenvalue weighted by molar-refractivity contribution is -0.850. The Morgan fingerprint density at radius 2 is 1.88 bits per heavy atom. The molecule has 0 aliphatic carbocycles. The van der Waals surface area contributed by atoms with Gasteiger partial charge in [-0.15, -0.1) is 0 Å². The van der Waals surface area contributed by atoms with Crippen LogP contribution in [-0.2, 0) is 0 Å². The molecule has 0 heterocycles. The summed E-state index contributed by atoms with van der Waals surface area (Å²) < 4.78 is 0. The second kappa shape index (κ2) is 4.67. The third kappa shape index (κ3) is 5.52. The molecule has 8 heavy (non-hydrogen) atoms. The lowest BCUT2D eigenvalue weighted by Gasteiger charge is -1.97. The highest BCUT2D eigenvalue weighted by molar-refractivity contribution is 4.97. The van der Waals surface area contributed by atoms with Gasteiger partial charge in [0, 0.05) is 6.42 Å². The van der Waals surface area contributed by atoms with Crippen LogP contribution in [0.3, 0.4) is 0 Å². The molecule has 0 aliphatic rings. The lowest BCUT2D eigenvalue weighted by Crippen LogP contribution is -3.05. The van der Waals surface area contributed by atoms with Gasteiger partial charge < -0.3 is 4.90 Å². The molecule has 0 unspecified atom stereocenters. The van der Waals surface area contributed by atoms with Gasteiger partial charge in [0.05, 0.1) is 14.1 Å². The van der Waals surface area contributed by atoms with E-state index in [9.17, 15) is 0 Å². The summed E-state index contributed by atoms with van der Waals surface area (Å²) in [7, 11) is 4.20. The van der Waals surface area contributed by atoms with Gasteiger partial charge >= 0.3 is 0 Å². The fourth-order valence-corrected chi connectivity index (χ4v) is 0.364. The van der Waals surface area contributed by atoms with E-state index in [0.29, 0.717) is 0 Å². The molecule has 0 saturated heterocycles. The van der Waals surface area contributed by atoms with Crippen molar-refractivity contribution in [2.75, 3.05) is 20.6 Å². The Labute approximate surface area is 51.7 Å². The SMILES string of the molecule is CCC#CC[NH+](C)C. The third-order valence-electron chi connectivity index (χ3n) is 0.744. The average Bonchev–Trinajstić information content (AvgIpc) is 1.66. The Hall–Kier alpha value is -0.480. The summed E-state index contributed by atoms with van der Waals surface area (Å²) in [4.78, 5) is 1.39. The summed E-state index contributed by atoms with van der Waals surface area (Å²) in [5.74, 6) is 6.06. The van der Waals surface area contributed by atoms with E-state index in [4.69, 9.17) is 0 Å². The summed E-state index contributed by atoms with van der Waals surface area (Å²) in [6, 6.07) is 0. The summed E-state index contributed by atoms with van der Waals surface area (Å²) in [6.45, 7) is 3.03. The van der Waals surface area contributed by atoms with Crippen molar-refractivity contribution in [1.29, 1.82) is 0 Å². The van der Waals surface area contributed by atoms with Crippen molar-refractivity contribution in [2.45, 2.75) is 13.3 Å². The van der Waals surface area contributed by atoms with Crippen LogP contribution in [0.15, 0.2) is 0 Å². The standard InChI is InChI=1S/C7H13N/c1-4-5-6-7-8(2)3/h4,7H2,1-3H3/p+1. The molecule has 0 fully saturated rings. The highest BCUT2D eigenvalue weighted by atomic mass is 15.0. The van der Waals surface area contributed by atoms with Crippen LogP contribution in [-0.4, -0.2) is 20.6 Å². The van der Waals surface area contributed by atoms with E-state index in [0.717, 1.165) is 13.0 Å². The molecule has 0 aromatic carbocycles. The molecule has 0 saturated carbocycles. The number of nitrogens with one attached hydrogen (secondary N) is 1. The second-order valence-corrected chi connectivity index (χ2v) is 2.09. The molecule has 0 radical (unpaired) electrons. The molecule has 0 aromatic rings. The van der Waals surface area contributed by atoms with Crippen LogP contribution < -0.4 is 4.90 Å². The second-order valence-electron chi connectivity index (χ2n) is 2.09. The minimum atomic E-state index is 0.966. The summed E-state index contributed by atoms with van der Waals surface area (Å²) >= 11 is 0. The van der Waals surface area contributed by atoms with E-state index < -0.39 is 0 Å². The zero-order valence-corrected chi connectivity index (χ0v) is 5.91. The Kier molecular flexibility index (Phi) is 4.39. The highest BCUT2D eigenvalue weighted by Crippen LogP contribution is 1.62. The van der Waals surface area contributed by atoms with Gasteiger partial charge in [0.1, 0.15) is 6.54 Å². The van der Waals surface area contributed by atoms with E-state index in [1.807, 2.05) is 0 Å². The zero-order valence-electron chi connectivity index (χ0n) is 5.91. The smallest absolute Gasteiger partial charge is 0.138 e. The van der Waals surface area contributed by atoms with Crippen molar-refractivity contribution < 1.29 is 4.90 Å². The van der Waals surface area contributed by atoms with Crippen LogP contribution in [0, 0.1) is 11.8 Å². The van der Waals surface area contributed by atoms with Crippen molar-refractivity contribution in [3.8, 4) is 11.8 Å². The van der Waals surface area contributed by atoms with E-state index in [-0.39, 0.29) is 0 Å². The van der Waals surface area contributed by atoms with Gasteiger partial charge in [-0.2, -0.15) is 0 Å². The summed E-state index contributed by atoms with van der Waals surface area (Å²) in [6.07, 6.45) is 0.979. The zero-order chi connectivity index (χ0) is 6.41. The molecule has 1 nitrogen and oxygen atoms in total. The first kappa shape index (κ1) is 7.52. The molecule has 0 rings (SSSR count). The Morgan fingerprint density at radius 3 is 2.25 bits per heavy atom. The van der Waals surface area contributed by atoms with E-state index >= 15 is 0 Å². The Balaban J connectivity index is 3.15. The average molecular weight is 112 g/mol. The van der Waals surface area contributed by atoms with Gasteiger partial charge in [-0.3, -0.25) is 0 Å². The van der Waals surface area contributed by atoms with Gasteiger partial charge in [-0.05, 0) is 5.92 Å². The molecule has 0 atom stereocenters. The van der Waals surface area contributed by atoms with Crippen LogP contribution in [0.2, 0.25) is 0 Å². The minimum absolute atomic E-state index is 0.966. The van der Waals surface area contributed by atoms with Crippen LogP contribution in [0.5, 0.6) is 0 Å². The van der Waals surface area contributed by atoms with Crippen LogP contribution in [0.25, 0.3) is 0 Å². The van der Waals surface area contributed by atoms with Crippen LogP contribution >= 0.6 is 0 Å². The highest BCUT2D eigenvalue weighted by Gasteiger charge is 1.81. The maximum Gasteiger partial charge on any atom is 0.138 e. The van der Waals surface area contributed by atoms with Gasteiger partial charge in [0.2, 0.25) is 0 Å². The Morgan fingerprint density at radius 1 is 1.25 bits per heavy atom. The summed E-state index contributed by atoms with van der Waals surface area (Å²) in [5.41, 5.74) is 0. The molecular weight excluding hydrogens is 98.1 g/mol. The topological polar surface area (TPSA) is 4.44 Å². The molecule has 0 aromatic heterocycles. The predicted molar refractivity (Wildman–Crippen MR) is 35.7 cm³/mol. The van der Waals surface area contributed by atoms with Crippen molar-refractivity contribution in [3.63, 3.8) is 0 Å². The van der Waals surface area contributed by atoms with Gasteiger partial charge in [0.25, 0.3) is 0 Å². The minimum Gasteiger partial charge on any atom is -0.330 e. The number of quaternary nitrogens is 1. The lowest BCUT2D eigenvalue weighted by atomic mass is 10.4.